The van der Waals surface area contributed by atoms with Crippen molar-refractivity contribution in [2.45, 2.75) is 78.6 Å². The van der Waals surface area contributed by atoms with Crippen molar-refractivity contribution in [3.8, 4) is 0 Å². The highest BCUT2D eigenvalue weighted by Crippen LogP contribution is 2.26. The fraction of sp³-hybridized carbons (Fsp3) is 0.538. The van der Waals surface area contributed by atoms with Crippen LogP contribution in [-0.2, 0) is 23.9 Å². The number of amides is 3. The van der Waals surface area contributed by atoms with Crippen LogP contribution in [-0.4, -0.2) is 59.6 Å². The summed E-state index contributed by atoms with van der Waals surface area (Å²) < 4.78 is 10.2. The zero-order valence-corrected chi connectivity index (χ0v) is 21.8. The van der Waals surface area contributed by atoms with Crippen LogP contribution in [0.25, 0.3) is 6.08 Å². The number of nitrogens with zero attached hydrogens (tertiary/aromatic N) is 1. The Hall–Kier alpha value is -3.36. The molecule has 35 heavy (non-hydrogen) atoms. The zero-order chi connectivity index (χ0) is 26.8. The number of rotatable bonds is 11. The number of nitrogens with one attached hydrogen (secondary N) is 2. The van der Waals surface area contributed by atoms with Crippen molar-refractivity contribution in [2.24, 2.45) is 0 Å². The van der Waals surface area contributed by atoms with E-state index in [-0.39, 0.29) is 19.6 Å². The molecule has 0 heterocycles. The normalized spacial score (nSPS) is 12.8. The lowest BCUT2D eigenvalue weighted by atomic mass is 9.99. The van der Waals surface area contributed by atoms with E-state index in [0.29, 0.717) is 5.56 Å². The summed E-state index contributed by atoms with van der Waals surface area (Å²) in [6, 6.07) is 4.78. The van der Waals surface area contributed by atoms with E-state index in [2.05, 4.69) is 17.2 Å². The molecule has 1 aromatic carbocycles. The first-order chi connectivity index (χ1) is 16.3. The van der Waals surface area contributed by atoms with Crippen LogP contribution < -0.4 is 10.6 Å². The van der Waals surface area contributed by atoms with Crippen LogP contribution in [0, 0.1) is 0 Å². The third kappa shape index (κ3) is 9.80. The molecule has 0 aliphatic carbocycles. The van der Waals surface area contributed by atoms with Crippen molar-refractivity contribution in [3.05, 3.63) is 42.0 Å². The topological polar surface area (TPSA) is 114 Å². The van der Waals surface area contributed by atoms with Gasteiger partial charge in [0.15, 0.2) is 0 Å². The zero-order valence-electron chi connectivity index (χ0n) is 21.8. The molecule has 2 N–H and O–H groups in total. The van der Waals surface area contributed by atoms with E-state index < -0.39 is 47.6 Å². The molecule has 0 bridgehead atoms. The summed E-state index contributed by atoms with van der Waals surface area (Å²) in [4.78, 5) is 52.2. The van der Waals surface area contributed by atoms with Crippen LogP contribution in [0.15, 0.2) is 30.8 Å². The summed E-state index contributed by atoms with van der Waals surface area (Å²) in [5.74, 6) is -1.34. The molecule has 0 aliphatic heterocycles. The molecule has 3 amide bonds. The number of esters is 1. The van der Waals surface area contributed by atoms with Crippen molar-refractivity contribution >= 4 is 30.0 Å². The standard InChI is InChI=1S/C26H39N3O6/c1-9-19-12-11-13-20(16-19)22(23(31)27-15-14-21(30)34-10-2)29(17(3)4)24(32)18(5)28-25(33)35-26(6,7)8/h9,11-13,16-18,22H,1,10,14-15H2,2-8H3,(H,27,31)(H,28,33). The van der Waals surface area contributed by atoms with Gasteiger partial charge in [-0.2, -0.15) is 0 Å². The van der Waals surface area contributed by atoms with E-state index in [4.69, 9.17) is 9.47 Å². The third-order valence-electron chi connectivity index (χ3n) is 4.84. The molecule has 0 fully saturated rings. The fourth-order valence-electron chi connectivity index (χ4n) is 3.36. The maximum Gasteiger partial charge on any atom is 0.408 e. The number of hydrogen-bond donors (Lipinski definition) is 2. The highest BCUT2D eigenvalue weighted by molar-refractivity contribution is 5.92. The molecule has 0 saturated heterocycles. The maximum atomic E-state index is 13.5. The van der Waals surface area contributed by atoms with Gasteiger partial charge in [-0.25, -0.2) is 4.79 Å². The number of benzene rings is 1. The first kappa shape index (κ1) is 29.7. The van der Waals surface area contributed by atoms with Gasteiger partial charge in [0.1, 0.15) is 17.7 Å². The quantitative estimate of drug-likeness (QED) is 0.459. The Balaban J connectivity index is 3.25. The number of alkyl carbamates (subject to hydrolysis) is 1. The second-order valence-electron chi connectivity index (χ2n) is 9.33. The van der Waals surface area contributed by atoms with Crippen molar-refractivity contribution in [1.82, 2.24) is 15.5 Å². The van der Waals surface area contributed by atoms with Crippen LogP contribution in [0.3, 0.4) is 0 Å². The number of ether oxygens (including phenoxy) is 2. The molecule has 0 saturated carbocycles. The molecule has 1 aromatic rings. The van der Waals surface area contributed by atoms with Crippen LogP contribution in [0.2, 0.25) is 0 Å². The van der Waals surface area contributed by atoms with Crippen molar-refractivity contribution in [3.63, 3.8) is 0 Å². The maximum absolute atomic E-state index is 13.5. The summed E-state index contributed by atoms with van der Waals surface area (Å²) in [5.41, 5.74) is 0.627. The van der Waals surface area contributed by atoms with Gasteiger partial charge in [0.2, 0.25) is 11.8 Å². The van der Waals surface area contributed by atoms with Crippen LogP contribution >= 0.6 is 0 Å². The van der Waals surface area contributed by atoms with E-state index in [1.807, 2.05) is 6.07 Å². The SMILES string of the molecule is C=Cc1cccc(C(C(=O)NCCC(=O)OCC)N(C(=O)C(C)NC(=O)OC(C)(C)C)C(C)C)c1. The van der Waals surface area contributed by atoms with Gasteiger partial charge in [-0.15, -0.1) is 0 Å². The van der Waals surface area contributed by atoms with Crippen molar-refractivity contribution in [2.75, 3.05) is 13.2 Å². The lowest BCUT2D eigenvalue weighted by Crippen LogP contribution is -2.54. The summed E-state index contributed by atoms with van der Waals surface area (Å²) in [7, 11) is 0. The summed E-state index contributed by atoms with van der Waals surface area (Å²) >= 11 is 0. The minimum Gasteiger partial charge on any atom is -0.466 e. The van der Waals surface area contributed by atoms with E-state index in [1.54, 1.807) is 65.8 Å². The Labute approximate surface area is 208 Å². The molecule has 0 aliphatic rings. The first-order valence-corrected chi connectivity index (χ1v) is 11.8. The van der Waals surface area contributed by atoms with Crippen LogP contribution in [0.1, 0.15) is 72.1 Å². The van der Waals surface area contributed by atoms with Gasteiger partial charge in [-0.3, -0.25) is 14.4 Å². The number of carbonyl (C=O) groups excluding carboxylic acids is 4. The average molecular weight is 490 g/mol. The van der Waals surface area contributed by atoms with Crippen molar-refractivity contribution in [1.29, 1.82) is 0 Å². The predicted octanol–water partition coefficient (Wildman–Crippen LogP) is 3.59. The Kier molecular flexibility index (Phi) is 11.5. The van der Waals surface area contributed by atoms with Gasteiger partial charge in [0.25, 0.3) is 0 Å². The Morgan fingerprint density at radius 3 is 2.34 bits per heavy atom. The minimum atomic E-state index is -1.01. The Morgan fingerprint density at radius 2 is 1.80 bits per heavy atom. The summed E-state index contributed by atoms with van der Waals surface area (Å²) in [6.07, 6.45) is 0.921. The molecule has 1 rings (SSSR count). The molecule has 0 aromatic heterocycles. The monoisotopic (exact) mass is 489 g/mol. The number of hydrogen-bond acceptors (Lipinski definition) is 6. The van der Waals surface area contributed by atoms with E-state index in [0.717, 1.165) is 5.56 Å². The van der Waals surface area contributed by atoms with Gasteiger partial charge in [-0.05, 0) is 65.7 Å². The Morgan fingerprint density at radius 1 is 1.14 bits per heavy atom. The summed E-state index contributed by atoms with van der Waals surface area (Å²) in [6.45, 7) is 16.1. The second kappa shape index (κ2) is 13.5. The van der Waals surface area contributed by atoms with Crippen LogP contribution in [0.4, 0.5) is 4.79 Å². The van der Waals surface area contributed by atoms with E-state index in [9.17, 15) is 19.2 Å². The predicted molar refractivity (Wildman–Crippen MR) is 134 cm³/mol. The minimum absolute atomic E-state index is 0.00518. The molecular formula is C26H39N3O6. The molecular weight excluding hydrogens is 450 g/mol. The molecule has 194 valence electrons. The third-order valence-corrected chi connectivity index (χ3v) is 4.84. The number of carbonyl (C=O) groups is 4. The molecule has 0 radical (unpaired) electrons. The molecule has 2 unspecified atom stereocenters. The second-order valence-corrected chi connectivity index (χ2v) is 9.33. The largest absolute Gasteiger partial charge is 0.466 e. The highest BCUT2D eigenvalue weighted by Gasteiger charge is 2.36. The smallest absolute Gasteiger partial charge is 0.408 e. The lowest BCUT2D eigenvalue weighted by Gasteiger charge is -2.36. The highest BCUT2D eigenvalue weighted by atomic mass is 16.6. The fourth-order valence-corrected chi connectivity index (χ4v) is 3.36. The first-order valence-electron chi connectivity index (χ1n) is 11.8. The Bertz CT molecular complexity index is 907. The average Bonchev–Trinajstić information content (AvgIpc) is 2.75. The lowest BCUT2D eigenvalue weighted by molar-refractivity contribution is -0.145. The van der Waals surface area contributed by atoms with Gasteiger partial charge >= 0.3 is 12.1 Å². The summed E-state index contributed by atoms with van der Waals surface area (Å²) in [5, 5.41) is 5.29. The molecule has 9 heteroatoms. The van der Waals surface area contributed by atoms with Gasteiger partial charge in [-0.1, -0.05) is 30.9 Å². The van der Waals surface area contributed by atoms with Gasteiger partial charge in [0, 0.05) is 12.6 Å². The molecule has 0 spiro atoms. The van der Waals surface area contributed by atoms with E-state index in [1.165, 1.54) is 11.8 Å². The van der Waals surface area contributed by atoms with Crippen LogP contribution in [0.5, 0.6) is 0 Å². The molecule has 9 nitrogen and oxygen atoms in total. The van der Waals surface area contributed by atoms with Gasteiger partial charge < -0.3 is 25.0 Å². The van der Waals surface area contributed by atoms with Crippen molar-refractivity contribution < 1.29 is 28.7 Å². The van der Waals surface area contributed by atoms with E-state index >= 15 is 0 Å². The molecule has 2 atom stereocenters. The van der Waals surface area contributed by atoms with Gasteiger partial charge in [0.05, 0.1) is 13.0 Å².